The molecular weight excluding hydrogens is 188 g/mol. The molecule has 0 unspecified atom stereocenters. The molecule has 10 heteroatoms. The van der Waals surface area contributed by atoms with Gasteiger partial charge in [-0.2, -0.15) is 0 Å². The van der Waals surface area contributed by atoms with Gasteiger partial charge in [-0.15, -0.1) is 0 Å². The molecule has 0 bridgehead atoms. The molecule has 0 radical (unpaired) electrons. The molecule has 0 aliphatic carbocycles. The highest BCUT2D eigenvalue weighted by Crippen LogP contribution is 2.32. The lowest BCUT2D eigenvalue weighted by atomic mass is 13.6. The van der Waals surface area contributed by atoms with E-state index in [1.54, 1.807) is 0 Å². The fourth-order valence-electron chi connectivity index (χ4n) is 0. The number of nitrogens with two attached hydrogens (primary N) is 1. The minimum atomic E-state index is -4.37. The summed E-state index contributed by atoms with van der Waals surface area (Å²) >= 11 is 0. The van der Waals surface area contributed by atoms with Crippen LogP contribution in [-0.4, -0.2) is 24.5 Å². The maximum Gasteiger partial charge on any atom is 0.485 e. The van der Waals surface area contributed by atoms with Gasteiger partial charge in [0.15, 0.2) is 0 Å². The van der Waals surface area contributed by atoms with Gasteiger partial charge in [-0.05, 0) is 0 Å². The Labute approximate surface area is 57.1 Å². The molecule has 7 N–H and O–H groups in total. The van der Waals surface area contributed by atoms with Gasteiger partial charge >= 0.3 is 16.4 Å². The molecule has 0 spiro atoms. The van der Waals surface area contributed by atoms with Crippen LogP contribution < -0.4 is 5.90 Å². The van der Waals surface area contributed by atoms with Crippen LogP contribution >= 0.6 is 16.4 Å². The Hall–Kier alpha value is 0.380. The zero-order chi connectivity index (χ0) is 8.78. The predicted molar refractivity (Wildman–Crippen MR) is 30.9 cm³/mol. The van der Waals surface area contributed by atoms with E-state index in [1.165, 1.54) is 0 Å². The smallest absolute Gasteiger partial charge is 0.328 e. The minimum Gasteiger partial charge on any atom is -0.328 e. The molecule has 0 saturated heterocycles. The van der Waals surface area contributed by atoms with Crippen LogP contribution in [0.4, 0.5) is 0 Å². The van der Waals surface area contributed by atoms with E-state index in [4.69, 9.17) is 24.5 Å². The van der Waals surface area contributed by atoms with Crippen molar-refractivity contribution in [2.45, 2.75) is 0 Å². The van der Waals surface area contributed by atoms with E-state index < -0.39 is 16.4 Å². The van der Waals surface area contributed by atoms with Crippen LogP contribution in [0.5, 0.6) is 0 Å². The van der Waals surface area contributed by atoms with E-state index in [2.05, 4.69) is 10.5 Å². The molecular formula is H7NO7P2. The Morgan fingerprint density at radius 2 is 1.40 bits per heavy atom. The topological polar surface area (TPSA) is 153 Å². The zero-order valence-corrected chi connectivity index (χ0v) is 6.31. The van der Waals surface area contributed by atoms with Crippen LogP contribution in [-0.2, 0) is 9.19 Å². The van der Waals surface area contributed by atoms with Gasteiger partial charge in [-0.3, -0.25) is 0 Å². The van der Waals surface area contributed by atoms with Crippen LogP contribution in [0.25, 0.3) is 0 Å². The highest BCUT2D eigenvalue weighted by atomic mass is 31.2. The molecule has 10 heavy (non-hydrogen) atoms. The van der Waals surface area contributed by atoms with Crippen molar-refractivity contribution >= 4 is 16.4 Å². The van der Waals surface area contributed by atoms with Crippen molar-refractivity contribution in [2.24, 2.45) is 5.90 Å². The molecule has 64 valence electrons. The van der Waals surface area contributed by atoms with Gasteiger partial charge in [-0.1, -0.05) is 0 Å². The number of hydrogen-bond acceptors (Lipinski definition) is 6. The van der Waals surface area contributed by atoms with E-state index in [-0.39, 0.29) is 0 Å². The first-order valence-electron chi connectivity index (χ1n) is 1.60. The van der Waals surface area contributed by atoms with E-state index in [9.17, 15) is 4.57 Å². The Balaban J connectivity index is 0. The summed E-state index contributed by atoms with van der Waals surface area (Å²) in [6.45, 7) is 0. The first kappa shape index (κ1) is 13.0. The van der Waals surface area contributed by atoms with Crippen molar-refractivity contribution in [3.63, 3.8) is 0 Å². The van der Waals surface area contributed by atoms with Crippen LogP contribution in [0.2, 0.25) is 0 Å². The lowest BCUT2D eigenvalue weighted by Crippen LogP contribution is -1.93. The molecule has 0 rings (SSSR count). The minimum absolute atomic E-state index is 2.62. The van der Waals surface area contributed by atoms with Crippen LogP contribution in [0.1, 0.15) is 0 Å². The molecule has 8 nitrogen and oxygen atoms in total. The average Bonchev–Trinajstić information content (AvgIpc) is 1.63. The van der Waals surface area contributed by atoms with Gasteiger partial charge in [0.1, 0.15) is 0 Å². The molecule has 0 atom stereocenters. The molecule has 0 heterocycles. The quantitative estimate of drug-likeness (QED) is 0.210. The second kappa shape index (κ2) is 6.11. The SMILES string of the molecule is NOP(=O)(O)O.OP(O)O. The van der Waals surface area contributed by atoms with Crippen molar-refractivity contribution in [3.05, 3.63) is 0 Å². The molecule has 0 aromatic rings. The normalized spacial score (nSPS) is 10.7. The van der Waals surface area contributed by atoms with Crippen LogP contribution in [0, 0.1) is 0 Å². The third-order valence-electron chi connectivity index (χ3n) is 0.137. The molecule has 0 saturated carbocycles. The number of phosphoric acid groups is 1. The van der Waals surface area contributed by atoms with Gasteiger partial charge < -0.3 is 24.5 Å². The second-order valence-electron chi connectivity index (χ2n) is 0.864. The molecule has 0 aliphatic heterocycles. The average molecular weight is 195 g/mol. The third-order valence-corrected chi connectivity index (χ3v) is 0.412. The van der Waals surface area contributed by atoms with Crippen molar-refractivity contribution in [1.29, 1.82) is 0 Å². The predicted octanol–water partition coefficient (Wildman–Crippen LogP) is -1.84. The van der Waals surface area contributed by atoms with E-state index in [0.717, 1.165) is 0 Å². The Morgan fingerprint density at radius 1 is 1.30 bits per heavy atom. The maximum absolute atomic E-state index is 9.35. The maximum atomic E-state index is 9.35. The summed E-state index contributed by atoms with van der Waals surface area (Å²) in [5, 5.41) is 0. The summed E-state index contributed by atoms with van der Waals surface area (Å²) < 4.78 is 12.5. The van der Waals surface area contributed by atoms with Crippen LogP contribution in [0.15, 0.2) is 0 Å². The largest absolute Gasteiger partial charge is 0.485 e. The van der Waals surface area contributed by atoms with Gasteiger partial charge in [0.05, 0.1) is 0 Å². The Morgan fingerprint density at radius 3 is 1.40 bits per heavy atom. The molecule has 0 aromatic heterocycles. The Bertz CT molecular complexity index is 101. The molecule has 0 amide bonds. The summed E-state index contributed by atoms with van der Waals surface area (Å²) in [6.07, 6.45) is 0. The van der Waals surface area contributed by atoms with E-state index in [0.29, 0.717) is 0 Å². The van der Waals surface area contributed by atoms with E-state index >= 15 is 0 Å². The summed E-state index contributed by atoms with van der Waals surface area (Å²) in [6, 6.07) is 0. The molecule has 0 aromatic carbocycles. The first-order chi connectivity index (χ1) is 4.29. The monoisotopic (exact) mass is 195 g/mol. The number of hydrogen-bond donors (Lipinski definition) is 6. The summed E-state index contributed by atoms with van der Waals surface area (Å²) in [5.41, 5.74) is 0. The number of rotatable bonds is 1. The van der Waals surface area contributed by atoms with Crippen molar-refractivity contribution in [2.75, 3.05) is 0 Å². The standard InChI is InChI=1S/H4NO4P.H3O3P/c1-5-6(2,3)4;1-4(2)3/h1H2,(H2,2,3,4);1-3H. The summed E-state index contributed by atoms with van der Waals surface area (Å²) in [7, 11) is -6.99. The van der Waals surface area contributed by atoms with Crippen molar-refractivity contribution < 1.29 is 33.7 Å². The van der Waals surface area contributed by atoms with Gasteiger partial charge in [0.2, 0.25) is 0 Å². The molecule has 0 aliphatic rings. The van der Waals surface area contributed by atoms with E-state index in [1.807, 2.05) is 0 Å². The zero-order valence-electron chi connectivity index (χ0n) is 4.52. The fraction of sp³-hybridized carbons (Fsp3) is 0. The lowest BCUT2D eigenvalue weighted by molar-refractivity contribution is 0.201. The van der Waals surface area contributed by atoms with Gasteiger partial charge in [0.25, 0.3) is 0 Å². The first-order valence-corrected chi connectivity index (χ1v) is 4.33. The van der Waals surface area contributed by atoms with Gasteiger partial charge in [-0.25, -0.2) is 15.1 Å². The molecule has 0 fully saturated rings. The van der Waals surface area contributed by atoms with Crippen molar-refractivity contribution in [1.82, 2.24) is 0 Å². The highest BCUT2D eigenvalue weighted by molar-refractivity contribution is 7.46. The van der Waals surface area contributed by atoms with Gasteiger partial charge in [0, 0.05) is 0 Å². The summed E-state index contributed by atoms with van der Waals surface area (Å²) in [4.78, 5) is 36.9. The van der Waals surface area contributed by atoms with Crippen LogP contribution in [0.3, 0.4) is 0 Å². The second-order valence-corrected chi connectivity index (χ2v) is 2.59. The Kier molecular flexibility index (Phi) is 7.95. The third kappa shape index (κ3) is 40.0. The highest BCUT2D eigenvalue weighted by Gasteiger charge is 2.08. The summed E-state index contributed by atoms with van der Waals surface area (Å²) in [5.74, 6) is 4.04. The fourth-order valence-corrected chi connectivity index (χ4v) is 0. The van der Waals surface area contributed by atoms with Crippen molar-refractivity contribution in [3.8, 4) is 0 Å². The lowest BCUT2D eigenvalue weighted by Gasteiger charge is -1.92.